The summed E-state index contributed by atoms with van der Waals surface area (Å²) in [6.07, 6.45) is 2.95. The quantitative estimate of drug-likeness (QED) is 0.827. The molecule has 0 aliphatic heterocycles. The van der Waals surface area contributed by atoms with Crippen LogP contribution in [0.1, 0.15) is 36.8 Å². The summed E-state index contributed by atoms with van der Waals surface area (Å²) >= 11 is 0. The molecule has 1 aromatic carbocycles. The highest BCUT2D eigenvalue weighted by Gasteiger charge is 2.32. The predicted molar refractivity (Wildman–Crippen MR) is 63.3 cm³/mol. The number of aryl methyl sites for hydroxylation is 1. The van der Waals surface area contributed by atoms with Gasteiger partial charge in [0.15, 0.2) is 0 Å². The summed E-state index contributed by atoms with van der Waals surface area (Å²) in [5.74, 6) is 0.286. The third-order valence-electron chi connectivity index (χ3n) is 3.39. The van der Waals surface area contributed by atoms with Crippen LogP contribution in [0.15, 0.2) is 24.3 Å². The van der Waals surface area contributed by atoms with Crippen molar-refractivity contribution in [1.29, 1.82) is 0 Å². The first-order valence-electron chi connectivity index (χ1n) is 5.87. The average Bonchev–Trinajstić information content (AvgIpc) is 2.27. The Labute approximate surface area is 96.3 Å². The molecule has 1 N–H and O–H groups in total. The molecule has 0 unspecified atom stereocenters. The van der Waals surface area contributed by atoms with Crippen molar-refractivity contribution in [2.24, 2.45) is 0 Å². The molecule has 1 saturated carbocycles. The van der Waals surface area contributed by atoms with Crippen molar-refractivity contribution in [3.8, 4) is 0 Å². The largest absolute Gasteiger partial charge is 0.390 e. The van der Waals surface area contributed by atoms with Gasteiger partial charge in [-0.1, -0.05) is 29.8 Å². The van der Waals surface area contributed by atoms with E-state index in [1.54, 1.807) is 0 Å². The second kappa shape index (κ2) is 4.38. The van der Waals surface area contributed by atoms with Crippen LogP contribution >= 0.6 is 0 Å². The van der Waals surface area contributed by atoms with Crippen LogP contribution in [0.4, 0.5) is 0 Å². The number of hydrogen-bond acceptors (Lipinski definition) is 2. The highest BCUT2D eigenvalue weighted by Crippen LogP contribution is 2.29. The zero-order valence-corrected chi connectivity index (χ0v) is 9.70. The second-order valence-electron chi connectivity index (χ2n) is 4.93. The fraction of sp³-hybridized carbons (Fsp3) is 0.500. The number of hydrogen-bond donors (Lipinski definition) is 1. The molecule has 2 rings (SSSR count). The molecule has 0 amide bonds. The molecule has 16 heavy (non-hydrogen) atoms. The Morgan fingerprint density at radius 1 is 1.19 bits per heavy atom. The Bertz CT molecular complexity index is 368. The van der Waals surface area contributed by atoms with Crippen molar-refractivity contribution in [3.63, 3.8) is 0 Å². The third-order valence-corrected chi connectivity index (χ3v) is 3.39. The topological polar surface area (TPSA) is 37.3 Å². The van der Waals surface area contributed by atoms with E-state index in [4.69, 9.17) is 0 Å². The maximum Gasteiger partial charge on any atom is 0.133 e. The van der Waals surface area contributed by atoms with Crippen LogP contribution in [0.25, 0.3) is 0 Å². The molecule has 1 aliphatic carbocycles. The van der Waals surface area contributed by atoms with Gasteiger partial charge in [-0.2, -0.15) is 0 Å². The van der Waals surface area contributed by atoms with Gasteiger partial charge in [0, 0.05) is 19.3 Å². The highest BCUT2D eigenvalue weighted by molar-refractivity contribution is 5.79. The Morgan fingerprint density at radius 2 is 1.75 bits per heavy atom. The molecule has 1 fully saturated rings. The van der Waals surface area contributed by atoms with Gasteiger partial charge in [-0.05, 0) is 25.3 Å². The minimum atomic E-state index is -0.664. The number of carbonyl (C=O) groups excluding carboxylic acids is 1. The van der Waals surface area contributed by atoms with Crippen molar-refractivity contribution in [3.05, 3.63) is 35.4 Å². The molecule has 0 saturated heterocycles. The van der Waals surface area contributed by atoms with E-state index in [1.807, 2.05) is 0 Å². The standard InChI is InChI=1S/C14H18O2/c1-11-2-4-12(5-3-11)10-14(16)8-6-13(15)7-9-14/h2-5,16H,6-10H2,1H3. The van der Waals surface area contributed by atoms with Crippen LogP contribution in [-0.4, -0.2) is 16.5 Å². The van der Waals surface area contributed by atoms with E-state index in [2.05, 4.69) is 31.2 Å². The maximum atomic E-state index is 11.1. The lowest BCUT2D eigenvalue weighted by molar-refractivity contribution is -0.125. The summed E-state index contributed by atoms with van der Waals surface area (Å²) in [6, 6.07) is 8.24. The molecule has 86 valence electrons. The first-order chi connectivity index (χ1) is 7.57. The van der Waals surface area contributed by atoms with Gasteiger partial charge in [-0.15, -0.1) is 0 Å². The molecule has 1 aliphatic rings. The summed E-state index contributed by atoms with van der Waals surface area (Å²) in [5, 5.41) is 10.4. The molecule has 0 bridgehead atoms. The van der Waals surface area contributed by atoms with Gasteiger partial charge in [0.05, 0.1) is 5.60 Å². The number of rotatable bonds is 2. The lowest BCUT2D eigenvalue weighted by Gasteiger charge is -2.31. The Kier molecular flexibility index (Phi) is 3.10. The number of benzene rings is 1. The molecule has 0 atom stereocenters. The van der Waals surface area contributed by atoms with Crippen molar-refractivity contribution in [2.45, 2.75) is 44.6 Å². The summed E-state index contributed by atoms with van der Waals surface area (Å²) < 4.78 is 0. The molecular weight excluding hydrogens is 200 g/mol. The normalized spacial score (nSPS) is 19.8. The van der Waals surface area contributed by atoms with Crippen LogP contribution in [0.2, 0.25) is 0 Å². The van der Waals surface area contributed by atoms with E-state index in [0.717, 1.165) is 5.56 Å². The van der Waals surface area contributed by atoms with Crippen molar-refractivity contribution < 1.29 is 9.90 Å². The van der Waals surface area contributed by atoms with Gasteiger partial charge >= 0.3 is 0 Å². The Morgan fingerprint density at radius 3 is 2.31 bits per heavy atom. The SMILES string of the molecule is Cc1ccc(CC2(O)CCC(=O)CC2)cc1. The highest BCUT2D eigenvalue weighted by atomic mass is 16.3. The van der Waals surface area contributed by atoms with E-state index in [9.17, 15) is 9.90 Å². The molecule has 0 heterocycles. The zero-order valence-electron chi connectivity index (χ0n) is 9.70. The molecular formula is C14H18O2. The van der Waals surface area contributed by atoms with Gasteiger partial charge in [0.1, 0.15) is 5.78 Å². The van der Waals surface area contributed by atoms with E-state index in [-0.39, 0.29) is 5.78 Å². The monoisotopic (exact) mass is 218 g/mol. The van der Waals surface area contributed by atoms with Gasteiger partial charge < -0.3 is 5.11 Å². The zero-order chi connectivity index (χ0) is 11.6. The lowest BCUT2D eigenvalue weighted by atomic mass is 9.80. The third kappa shape index (κ3) is 2.70. The molecule has 0 spiro atoms. The lowest BCUT2D eigenvalue weighted by Crippen LogP contribution is -2.36. The van der Waals surface area contributed by atoms with Gasteiger partial charge in [0.25, 0.3) is 0 Å². The van der Waals surface area contributed by atoms with Crippen LogP contribution in [0.5, 0.6) is 0 Å². The van der Waals surface area contributed by atoms with Crippen LogP contribution in [-0.2, 0) is 11.2 Å². The molecule has 1 aromatic rings. The number of ketones is 1. The average molecular weight is 218 g/mol. The minimum Gasteiger partial charge on any atom is -0.390 e. The first kappa shape index (κ1) is 11.3. The van der Waals surface area contributed by atoms with Crippen molar-refractivity contribution >= 4 is 5.78 Å². The van der Waals surface area contributed by atoms with Gasteiger partial charge in [0.2, 0.25) is 0 Å². The fourth-order valence-electron chi connectivity index (χ4n) is 2.26. The summed E-state index contributed by atoms with van der Waals surface area (Å²) in [7, 11) is 0. The van der Waals surface area contributed by atoms with E-state index in [1.165, 1.54) is 5.56 Å². The molecule has 2 nitrogen and oxygen atoms in total. The fourth-order valence-corrected chi connectivity index (χ4v) is 2.26. The number of aliphatic hydroxyl groups is 1. The molecule has 0 aromatic heterocycles. The Hall–Kier alpha value is -1.15. The van der Waals surface area contributed by atoms with Crippen molar-refractivity contribution in [2.75, 3.05) is 0 Å². The second-order valence-corrected chi connectivity index (χ2v) is 4.93. The summed E-state index contributed by atoms with van der Waals surface area (Å²) in [5.41, 5.74) is 1.72. The van der Waals surface area contributed by atoms with E-state index in [0.29, 0.717) is 32.1 Å². The molecule has 0 radical (unpaired) electrons. The number of carbonyl (C=O) groups is 1. The van der Waals surface area contributed by atoms with Gasteiger partial charge in [-0.3, -0.25) is 4.79 Å². The Balaban J connectivity index is 2.03. The van der Waals surface area contributed by atoms with Gasteiger partial charge in [-0.25, -0.2) is 0 Å². The molecule has 2 heteroatoms. The van der Waals surface area contributed by atoms with Crippen LogP contribution < -0.4 is 0 Å². The number of Topliss-reactive ketones (excluding diaryl/α,β-unsaturated/α-hetero) is 1. The first-order valence-corrected chi connectivity index (χ1v) is 5.87. The minimum absolute atomic E-state index is 0.286. The van der Waals surface area contributed by atoms with E-state index < -0.39 is 5.60 Å². The van der Waals surface area contributed by atoms with Crippen molar-refractivity contribution in [1.82, 2.24) is 0 Å². The maximum absolute atomic E-state index is 11.1. The summed E-state index contributed by atoms with van der Waals surface area (Å²) in [4.78, 5) is 11.1. The summed E-state index contributed by atoms with van der Waals surface area (Å²) in [6.45, 7) is 2.05. The smallest absolute Gasteiger partial charge is 0.133 e. The van der Waals surface area contributed by atoms with Crippen LogP contribution in [0.3, 0.4) is 0 Å². The van der Waals surface area contributed by atoms with E-state index >= 15 is 0 Å². The predicted octanol–water partition coefficient (Wildman–Crippen LogP) is 2.41. The van der Waals surface area contributed by atoms with Crippen LogP contribution in [0, 0.1) is 6.92 Å².